The molecular formula is C28H40O5S. The highest BCUT2D eigenvalue weighted by molar-refractivity contribution is 7.86. The number of hydrogen-bond donors (Lipinski definition) is 2. The van der Waals surface area contributed by atoms with Gasteiger partial charge in [0.25, 0.3) is 10.1 Å². The van der Waals surface area contributed by atoms with Gasteiger partial charge < -0.3 is 10.2 Å². The fourth-order valence-electron chi connectivity index (χ4n) is 6.83. The highest BCUT2D eigenvalue weighted by Gasteiger charge is 2.50. The predicted octanol–water partition coefficient (Wildman–Crippen LogP) is 5.31. The van der Waals surface area contributed by atoms with Gasteiger partial charge in [0.2, 0.25) is 0 Å². The van der Waals surface area contributed by atoms with Gasteiger partial charge in [-0.2, -0.15) is 8.42 Å². The topological polar surface area (TPSA) is 83.8 Å². The summed E-state index contributed by atoms with van der Waals surface area (Å²) in [6, 6.07) is 6.81. The predicted molar refractivity (Wildman–Crippen MR) is 134 cm³/mol. The minimum Gasteiger partial charge on any atom is -0.393 e. The third-order valence-electron chi connectivity index (χ3n) is 8.59. The molecule has 3 aliphatic carbocycles. The van der Waals surface area contributed by atoms with Crippen LogP contribution in [0.4, 0.5) is 0 Å². The molecule has 34 heavy (non-hydrogen) atoms. The first-order valence-corrected chi connectivity index (χ1v) is 14.2. The molecule has 3 aliphatic rings. The monoisotopic (exact) mass is 488 g/mol. The lowest BCUT2D eigenvalue weighted by Crippen LogP contribution is -2.37. The normalized spacial score (nSPS) is 35.4. The first-order valence-electron chi connectivity index (χ1n) is 12.8. The average Bonchev–Trinajstić information content (AvgIpc) is 3.13. The highest BCUT2D eigenvalue weighted by atomic mass is 32.2. The first kappa shape index (κ1) is 25.6. The lowest BCUT2D eigenvalue weighted by atomic mass is 9.61. The molecule has 1 aromatic rings. The molecule has 5 nitrogen and oxygen atoms in total. The quantitative estimate of drug-likeness (QED) is 0.530. The Morgan fingerprint density at radius 2 is 1.79 bits per heavy atom. The summed E-state index contributed by atoms with van der Waals surface area (Å²) in [5.74, 6) is 1.06. The van der Waals surface area contributed by atoms with Gasteiger partial charge in [-0.1, -0.05) is 54.8 Å². The molecule has 6 atom stereocenters. The highest BCUT2D eigenvalue weighted by Crippen LogP contribution is 2.59. The number of benzene rings is 1. The van der Waals surface area contributed by atoms with E-state index in [0.717, 1.165) is 43.2 Å². The number of aliphatic hydroxyl groups excluding tert-OH is 2. The fourth-order valence-corrected chi connectivity index (χ4v) is 7.83. The van der Waals surface area contributed by atoms with Crippen LogP contribution in [0, 0.1) is 30.1 Å². The van der Waals surface area contributed by atoms with Crippen molar-refractivity contribution in [3.8, 4) is 0 Å². The molecule has 0 saturated heterocycles. The Kier molecular flexibility index (Phi) is 7.73. The van der Waals surface area contributed by atoms with Crippen molar-refractivity contribution in [2.45, 2.75) is 89.2 Å². The molecule has 0 radical (unpaired) electrons. The first-order chi connectivity index (χ1) is 16.1. The molecule has 0 aliphatic heterocycles. The number of hydrogen-bond acceptors (Lipinski definition) is 5. The SMILES string of the molecule is Cc1ccc(S(=O)(=O)OCC(C)[C@H]2CC[C@H]3/C(=C/C=C4/C[C@@H](O)C[C@@H](O)C4)CCC[C@]23C)cc1. The van der Waals surface area contributed by atoms with E-state index in [9.17, 15) is 18.6 Å². The molecule has 3 fully saturated rings. The van der Waals surface area contributed by atoms with Crippen LogP contribution in [0.3, 0.4) is 0 Å². The van der Waals surface area contributed by atoms with E-state index in [0.29, 0.717) is 31.1 Å². The maximum atomic E-state index is 12.7. The lowest BCUT2D eigenvalue weighted by Gasteiger charge is -2.44. The van der Waals surface area contributed by atoms with Gasteiger partial charge in [-0.05, 0) is 93.6 Å². The molecule has 0 aromatic heterocycles. The Hall–Kier alpha value is -1.47. The van der Waals surface area contributed by atoms with Gasteiger partial charge in [-0.15, -0.1) is 0 Å². The summed E-state index contributed by atoms with van der Waals surface area (Å²) >= 11 is 0. The molecule has 1 unspecified atom stereocenters. The minimum absolute atomic E-state index is 0.143. The molecule has 0 amide bonds. The van der Waals surface area contributed by atoms with Crippen molar-refractivity contribution in [3.05, 3.63) is 53.1 Å². The van der Waals surface area contributed by atoms with Crippen LogP contribution in [0.2, 0.25) is 0 Å². The summed E-state index contributed by atoms with van der Waals surface area (Å²) in [6.07, 6.45) is 10.9. The van der Waals surface area contributed by atoms with Crippen LogP contribution in [0.5, 0.6) is 0 Å². The van der Waals surface area contributed by atoms with E-state index >= 15 is 0 Å². The second kappa shape index (κ2) is 10.3. The Bertz CT molecular complexity index is 1010. The molecule has 6 heteroatoms. The Morgan fingerprint density at radius 1 is 1.12 bits per heavy atom. The van der Waals surface area contributed by atoms with Gasteiger partial charge in [0.05, 0.1) is 23.7 Å². The van der Waals surface area contributed by atoms with Gasteiger partial charge in [0, 0.05) is 0 Å². The zero-order valence-electron chi connectivity index (χ0n) is 20.7. The standard InChI is InChI=1S/C28H40O5S/c1-19-6-10-25(11-7-19)34(31,32)33-18-20(2)26-12-13-27-22(5-4-14-28(26,27)3)9-8-21-15-23(29)17-24(30)16-21/h6-11,20,23-24,26-27,29-30H,4-5,12-18H2,1-3H3/b21-8-,22-9+/t20?,23-,24+,26-,27+,28-/m1/s1. The third kappa shape index (κ3) is 5.51. The van der Waals surface area contributed by atoms with Crippen LogP contribution < -0.4 is 0 Å². The molecule has 0 spiro atoms. The molecule has 188 valence electrons. The van der Waals surface area contributed by atoms with Crippen LogP contribution in [0.1, 0.15) is 70.8 Å². The summed E-state index contributed by atoms with van der Waals surface area (Å²) in [5, 5.41) is 20.0. The molecular weight excluding hydrogens is 448 g/mol. The van der Waals surface area contributed by atoms with Gasteiger partial charge in [-0.3, -0.25) is 4.18 Å². The fraction of sp³-hybridized carbons (Fsp3) is 0.643. The summed E-state index contributed by atoms with van der Waals surface area (Å²) < 4.78 is 30.9. The van der Waals surface area contributed by atoms with Gasteiger partial charge in [-0.25, -0.2) is 0 Å². The van der Waals surface area contributed by atoms with E-state index in [1.54, 1.807) is 24.3 Å². The van der Waals surface area contributed by atoms with Gasteiger partial charge >= 0.3 is 0 Å². The number of rotatable bonds is 6. The van der Waals surface area contributed by atoms with Crippen molar-refractivity contribution < 1.29 is 22.8 Å². The van der Waals surface area contributed by atoms with E-state index < -0.39 is 22.3 Å². The summed E-state index contributed by atoms with van der Waals surface area (Å²) in [6.45, 7) is 6.66. The number of allylic oxidation sites excluding steroid dienone is 3. The number of aliphatic hydroxyl groups is 2. The summed E-state index contributed by atoms with van der Waals surface area (Å²) in [5.41, 5.74) is 3.76. The Morgan fingerprint density at radius 3 is 2.47 bits per heavy atom. The van der Waals surface area contributed by atoms with Crippen LogP contribution in [0.15, 0.2) is 52.5 Å². The third-order valence-corrected chi connectivity index (χ3v) is 9.89. The Balaban J connectivity index is 1.43. The van der Waals surface area contributed by atoms with Crippen molar-refractivity contribution >= 4 is 10.1 Å². The van der Waals surface area contributed by atoms with Crippen LogP contribution in [-0.4, -0.2) is 37.4 Å². The van der Waals surface area contributed by atoms with E-state index in [4.69, 9.17) is 4.18 Å². The summed E-state index contributed by atoms with van der Waals surface area (Å²) in [7, 11) is -3.75. The van der Waals surface area contributed by atoms with Crippen molar-refractivity contribution in [2.24, 2.45) is 23.2 Å². The molecule has 4 rings (SSSR count). The Labute approximate surface area is 205 Å². The maximum absolute atomic E-state index is 12.7. The largest absolute Gasteiger partial charge is 0.393 e. The molecule has 3 saturated carbocycles. The molecule has 0 bridgehead atoms. The number of fused-ring (bicyclic) bond motifs is 1. The zero-order chi connectivity index (χ0) is 24.5. The smallest absolute Gasteiger partial charge is 0.296 e. The summed E-state index contributed by atoms with van der Waals surface area (Å²) in [4.78, 5) is 0.217. The van der Waals surface area contributed by atoms with E-state index in [1.807, 2.05) is 6.92 Å². The van der Waals surface area contributed by atoms with Gasteiger partial charge in [0.15, 0.2) is 0 Å². The molecule has 1 aromatic carbocycles. The van der Waals surface area contributed by atoms with Crippen LogP contribution in [-0.2, 0) is 14.3 Å². The van der Waals surface area contributed by atoms with E-state index in [-0.39, 0.29) is 22.8 Å². The van der Waals surface area contributed by atoms with Gasteiger partial charge in [0.1, 0.15) is 0 Å². The lowest BCUT2D eigenvalue weighted by molar-refractivity contribution is 0.0609. The van der Waals surface area contributed by atoms with E-state index in [2.05, 4.69) is 26.0 Å². The number of aryl methyl sites for hydroxylation is 1. The zero-order valence-corrected chi connectivity index (χ0v) is 21.6. The maximum Gasteiger partial charge on any atom is 0.296 e. The minimum atomic E-state index is -3.75. The second-order valence-corrected chi connectivity index (χ2v) is 12.8. The van der Waals surface area contributed by atoms with Crippen LogP contribution in [0.25, 0.3) is 0 Å². The molecule has 0 heterocycles. The van der Waals surface area contributed by atoms with Crippen molar-refractivity contribution in [3.63, 3.8) is 0 Å². The van der Waals surface area contributed by atoms with Crippen LogP contribution >= 0.6 is 0 Å². The second-order valence-electron chi connectivity index (χ2n) is 11.1. The van der Waals surface area contributed by atoms with E-state index in [1.165, 1.54) is 5.57 Å². The van der Waals surface area contributed by atoms with Crippen molar-refractivity contribution in [1.82, 2.24) is 0 Å². The van der Waals surface area contributed by atoms with Crippen molar-refractivity contribution in [2.75, 3.05) is 6.61 Å². The average molecular weight is 489 g/mol. The molecule has 2 N–H and O–H groups in total. The van der Waals surface area contributed by atoms with Crippen molar-refractivity contribution in [1.29, 1.82) is 0 Å².